The number of pyridine rings is 2. The highest BCUT2D eigenvalue weighted by atomic mass is 16.2. The fourth-order valence-electron chi connectivity index (χ4n) is 5.89. The molecule has 3 N–H and O–H groups in total. The maximum atomic E-state index is 14.1. The molecule has 0 aliphatic carbocycles. The number of hydrogen-bond acceptors (Lipinski definition) is 6. The van der Waals surface area contributed by atoms with Gasteiger partial charge in [-0.3, -0.25) is 15.1 Å². The maximum Gasteiger partial charge on any atom is 0.324 e. The monoisotopic (exact) mass is 601 g/mol. The van der Waals surface area contributed by atoms with Gasteiger partial charge in [0.15, 0.2) is 5.78 Å². The van der Waals surface area contributed by atoms with E-state index in [0.717, 1.165) is 59.3 Å². The molecule has 230 valence electrons. The van der Waals surface area contributed by atoms with Crippen molar-refractivity contribution in [1.82, 2.24) is 25.1 Å². The fraction of sp³-hybridized carbons (Fsp3) is 0.306. The van der Waals surface area contributed by atoms with E-state index in [1.165, 1.54) is 0 Å². The van der Waals surface area contributed by atoms with Crippen molar-refractivity contribution in [2.75, 3.05) is 23.7 Å². The van der Waals surface area contributed by atoms with Gasteiger partial charge in [-0.1, -0.05) is 50.6 Å². The minimum absolute atomic E-state index is 0.0149. The normalized spacial score (nSPS) is 14.7. The van der Waals surface area contributed by atoms with E-state index in [-0.39, 0.29) is 23.0 Å². The van der Waals surface area contributed by atoms with Crippen LogP contribution in [-0.4, -0.2) is 44.7 Å². The van der Waals surface area contributed by atoms with Gasteiger partial charge in [0, 0.05) is 34.9 Å². The van der Waals surface area contributed by atoms with E-state index in [2.05, 4.69) is 41.7 Å². The molecule has 1 aliphatic rings. The number of benzene rings is 2. The summed E-state index contributed by atoms with van der Waals surface area (Å²) in [4.78, 5) is 36.4. The SMILES string of the molecule is Cc1ccc(-n2nc(C(C)(C)C)cc2NC(=O)Nc2cccc(C(C(=O)c3ccc4cnccc4n3)C3CCNCC3)c2)cc1. The number of nitrogens with zero attached hydrogens (tertiary/aromatic N) is 4. The predicted molar refractivity (Wildman–Crippen MR) is 178 cm³/mol. The summed E-state index contributed by atoms with van der Waals surface area (Å²) in [6.07, 6.45) is 5.20. The summed E-state index contributed by atoms with van der Waals surface area (Å²) < 4.78 is 1.76. The Bertz CT molecular complexity index is 1830. The summed E-state index contributed by atoms with van der Waals surface area (Å²) in [7, 11) is 0. The van der Waals surface area contributed by atoms with Crippen molar-refractivity contribution >= 4 is 34.2 Å². The molecule has 6 rings (SSSR count). The Hall–Kier alpha value is -4.89. The second-order valence-electron chi connectivity index (χ2n) is 12.8. The molecule has 2 aromatic carbocycles. The number of urea groups is 1. The quantitative estimate of drug-likeness (QED) is 0.173. The van der Waals surface area contributed by atoms with Crippen LogP contribution in [0.1, 0.15) is 66.8 Å². The Labute approximate surface area is 263 Å². The summed E-state index contributed by atoms with van der Waals surface area (Å²) in [6, 6.07) is 22.7. The third-order valence-electron chi connectivity index (χ3n) is 8.38. The number of piperidine rings is 1. The Morgan fingerprint density at radius 2 is 1.73 bits per heavy atom. The molecule has 2 amide bonds. The fourth-order valence-corrected chi connectivity index (χ4v) is 5.89. The van der Waals surface area contributed by atoms with Gasteiger partial charge >= 0.3 is 6.03 Å². The summed E-state index contributed by atoms with van der Waals surface area (Å²) in [6.45, 7) is 10.0. The number of anilines is 2. The Morgan fingerprint density at radius 1 is 0.956 bits per heavy atom. The van der Waals surface area contributed by atoms with E-state index in [1.807, 2.05) is 73.7 Å². The highest BCUT2D eigenvalue weighted by molar-refractivity contribution is 6.02. The van der Waals surface area contributed by atoms with E-state index in [4.69, 9.17) is 10.1 Å². The molecule has 1 fully saturated rings. The van der Waals surface area contributed by atoms with Crippen LogP contribution in [0.4, 0.5) is 16.3 Å². The van der Waals surface area contributed by atoms with E-state index >= 15 is 0 Å². The first kappa shape index (κ1) is 30.1. The maximum absolute atomic E-state index is 14.1. The number of amides is 2. The van der Waals surface area contributed by atoms with E-state index in [1.54, 1.807) is 23.1 Å². The first-order valence-corrected chi connectivity index (χ1v) is 15.5. The predicted octanol–water partition coefficient (Wildman–Crippen LogP) is 7.03. The smallest absolute Gasteiger partial charge is 0.317 e. The minimum Gasteiger partial charge on any atom is -0.317 e. The number of nitrogens with one attached hydrogen (secondary N) is 3. The van der Waals surface area contributed by atoms with Gasteiger partial charge in [0.25, 0.3) is 0 Å². The van der Waals surface area contributed by atoms with Crippen molar-refractivity contribution < 1.29 is 9.59 Å². The number of ketones is 1. The first-order chi connectivity index (χ1) is 21.7. The molecule has 0 bridgehead atoms. The molecule has 0 saturated carbocycles. The zero-order valence-electron chi connectivity index (χ0n) is 26.2. The molecular weight excluding hydrogens is 562 g/mol. The summed E-state index contributed by atoms with van der Waals surface area (Å²) >= 11 is 0. The number of aromatic nitrogens is 4. The molecule has 5 aromatic rings. The zero-order chi connectivity index (χ0) is 31.6. The van der Waals surface area contributed by atoms with Crippen molar-refractivity contribution in [2.24, 2.45) is 5.92 Å². The number of aryl methyl sites for hydroxylation is 1. The molecular formula is C36H39N7O2. The topological polar surface area (TPSA) is 114 Å². The van der Waals surface area contributed by atoms with Crippen LogP contribution in [0.5, 0.6) is 0 Å². The third kappa shape index (κ3) is 6.78. The number of Topliss-reactive ketones (excluding diaryl/α,β-unsaturated/α-hetero) is 1. The van der Waals surface area contributed by atoms with Crippen LogP contribution in [0.25, 0.3) is 16.6 Å². The Morgan fingerprint density at radius 3 is 2.49 bits per heavy atom. The van der Waals surface area contributed by atoms with Crippen LogP contribution in [0, 0.1) is 12.8 Å². The second-order valence-corrected chi connectivity index (χ2v) is 12.8. The van der Waals surface area contributed by atoms with E-state index < -0.39 is 6.03 Å². The molecule has 0 radical (unpaired) electrons. The first-order valence-electron chi connectivity index (χ1n) is 15.5. The van der Waals surface area contributed by atoms with Crippen LogP contribution >= 0.6 is 0 Å². The number of rotatable bonds is 7. The van der Waals surface area contributed by atoms with Gasteiger partial charge in [-0.2, -0.15) is 5.10 Å². The van der Waals surface area contributed by atoms with Crippen molar-refractivity contribution in [1.29, 1.82) is 0 Å². The van der Waals surface area contributed by atoms with Gasteiger partial charge in [0.1, 0.15) is 11.5 Å². The number of carbonyl (C=O) groups is 2. The lowest BCUT2D eigenvalue weighted by Gasteiger charge is -2.30. The molecule has 9 nitrogen and oxygen atoms in total. The largest absolute Gasteiger partial charge is 0.324 e. The lowest BCUT2D eigenvalue weighted by Crippen LogP contribution is -2.34. The van der Waals surface area contributed by atoms with E-state index in [0.29, 0.717) is 17.2 Å². The van der Waals surface area contributed by atoms with Crippen LogP contribution < -0.4 is 16.0 Å². The molecule has 4 heterocycles. The second kappa shape index (κ2) is 12.6. The van der Waals surface area contributed by atoms with Gasteiger partial charge < -0.3 is 10.6 Å². The summed E-state index contributed by atoms with van der Waals surface area (Å²) in [5.74, 6) is 0.315. The number of carbonyl (C=O) groups excluding carboxylic acids is 2. The molecule has 1 unspecified atom stereocenters. The zero-order valence-corrected chi connectivity index (χ0v) is 26.2. The van der Waals surface area contributed by atoms with Crippen LogP contribution in [0.3, 0.4) is 0 Å². The highest BCUT2D eigenvalue weighted by Crippen LogP contribution is 2.35. The molecule has 1 atom stereocenters. The minimum atomic E-state index is -0.393. The van der Waals surface area contributed by atoms with Gasteiger partial charge in [0.2, 0.25) is 0 Å². The average Bonchev–Trinajstić information content (AvgIpc) is 3.46. The van der Waals surface area contributed by atoms with Crippen molar-refractivity contribution in [3.63, 3.8) is 0 Å². The molecule has 0 spiro atoms. The summed E-state index contributed by atoms with van der Waals surface area (Å²) in [5, 5.41) is 15.1. The van der Waals surface area contributed by atoms with E-state index in [9.17, 15) is 9.59 Å². The molecule has 1 saturated heterocycles. The number of fused-ring (bicyclic) bond motifs is 1. The standard InChI is InChI=1S/C36H39N7O2/c1-23-8-11-28(12-9-23)43-32(21-31(42-43)36(2,3)4)41-35(45)39-27-7-5-6-25(20-27)33(24-14-17-37-18-15-24)34(44)30-13-10-26-22-38-19-16-29(26)40-30/h5-13,16,19-22,24,33,37H,14-15,17-18H2,1-4H3,(H2,39,41,45). The van der Waals surface area contributed by atoms with Crippen LogP contribution in [0.15, 0.2) is 85.2 Å². The van der Waals surface area contributed by atoms with Gasteiger partial charge in [0.05, 0.1) is 22.8 Å². The lowest BCUT2D eigenvalue weighted by molar-refractivity contribution is 0.0911. The number of hydrogen-bond donors (Lipinski definition) is 3. The molecule has 3 aromatic heterocycles. The Balaban J connectivity index is 1.27. The Kier molecular flexibility index (Phi) is 8.45. The molecule has 1 aliphatic heterocycles. The lowest BCUT2D eigenvalue weighted by atomic mass is 9.77. The average molecular weight is 602 g/mol. The summed E-state index contributed by atoms with van der Waals surface area (Å²) in [5.41, 5.74) is 5.30. The highest BCUT2D eigenvalue weighted by Gasteiger charge is 2.32. The van der Waals surface area contributed by atoms with Crippen molar-refractivity contribution in [3.05, 3.63) is 108 Å². The van der Waals surface area contributed by atoms with Gasteiger partial charge in [-0.05, 0) is 86.8 Å². The molecule has 9 heteroatoms. The van der Waals surface area contributed by atoms with Gasteiger partial charge in [-0.15, -0.1) is 0 Å². The van der Waals surface area contributed by atoms with Crippen molar-refractivity contribution in [2.45, 2.75) is 51.9 Å². The third-order valence-corrected chi connectivity index (χ3v) is 8.38. The van der Waals surface area contributed by atoms with Crippen LogP contribution in [0.2, 0.25) is 0 Å². The molecule has 45 heavy (non-hydrogen) atoms. The van der Waals surface area contributed by atoms with Crippen LogP contribution in [-0.2, 0) is 5.41 Å². The van der Waals surface area contributed by atoms with Gasteiger partial charge in [-0.25, -0.2) is 14.5 Å². The van der Waals surface area contributed by atoms with Crippen molar-refractivity contribution in [3.8, 4) is 5.69 Å².